The van der Waals surface area contributed by atoms with E-state index in [0.717, 1.165) is 42.6 Å². The van der Waals surface area contributed by atoms with E-state index in [2.05, 4.69) is 21.3 Å². The summed E-state index contributed by atoms with van der Waals surface area (Å²) in [4.78, 5) is 22.1. The molecular formula is C19H25ClN4O2S. The van der Waals surface area contributed by atoms with Gasteiger partial charge in [0.25, 0.3) is 0 Å². The van der Waals surface area contributed by atoms with Crippen LogP contribution in [0, 0.1) is 0 Å². The van der Waals surface area contributed by atoms with Gasteiger partial charge in [-0.05, 0) is 31.5 Å². The van der Waals surface area contributed by atoms with E-state index >= 15 is 0 Å². The molecule has 1 aliphatic heterocycles. The first-order valence-corrected chi connectivity index (χ1v) is 10.3. The summed E-state index contributed by atoms with van der Waals surface area (Å²) < 4.78 is 6.35. The molecule has 0 unspecified atom stereocenters. The Morgan fingerprint density at radius 2 is 2.04 bits per heavy atom. The molecule has 2 aromatic heterocycles. The molecule has 0 atom stereocenters. The predicted octanol–water partition coefficient (Wildman–Crippen LogP) is 3.61. The lowest BCUT2D eigenvalue weighted by Gasteiger charge is -2.34. The number of carbonyl (C=O) groups excluding carboxylic acids is 1. The fourth-order valence-corrected chi connectivity index (χ4v) is 4.01. The molecule has 1 N–H and O–H groups in total. The molecule has 0 radical (unpaired) electrons. The molecule has 146 valence electrons. The van der Waals surface area contributed by atoms with Gasteiger partial charge in [0.1, 0.15) is 0 Å². The monoisotopic (exact) mass is 408 g/mol. The van der Waals surface area contributed by atoms with Crippen molar-refractivity contribution >= 4 is 29.0 Å². The summed E-state index contributed by atoms with van der Waals surface area (Å²) in [5.74, 6) is 0.600. The van der Waals surface area contributed by atoms with Crippen LogP contribution in [0.2, 0.25) is 4.34 Å². The van der Waals surface area contributed by atoms with E-state index in [1.807, 2.05) is 36.9 Å². The maximum Gasteiger partial charge on any atom is 0.317 e. The number of amides is 2. The maximum absolute atomic E-state index is 12.4. The highest BCUT2D eigenvalue weighted by Gasteiger charge is 2.21. The summed E-state index contributed by atoms with van der Waals surface area (Å²) in [6.07, 6.45) is 1.83. The molecule has 8 heteroatoms. The number of aromatic nitrogens is 1. The number of nitrogens with one attached hydrogen (secondary N) is 1. The average molecular weight is 409 g/mol. The van der Waals surface area contributed by atoms with E-state index in [0.29, 0.717) is 12.4 Å². The summed E-state index contributed by atoms with van der Waals surface area (Å²) in [7, 11) is 0. The third-order valence-electron chi connectivity index (χ3n) is 4.27. The topological polar surface area (TPSA) is 57.7 Å². The number of halogens is 1. The fraction of sp³-hybridized carbons (Fsp3) is 0.474. The molecule has 1 aliphatic rings. The van der Waals surface area contributed by atoms with Gasteiger partial charge < -0.3 is 15.0 Å². The Morgan fingerprint density at radius 3 is 2.63 bits per heavy atom. The van der Waals surface area contributed by atoms with Gasteiger partial charge in [-0.3, -0.25) is 4.90 Å². The summed E-state index contributed by atoms with van der Waals surface area (Å²) in [6, 6.07) is 7.72. The SMILES string of the molecule is CC(C)Oc1ccc(CNC(=O)N2CCN(Cc3ccc(Cl)s3)CC2)cn1. The highest BCUT2D eigenvalue weighted by Crippen LogP contribution is 2.23. The number of ether oxygens (including phenoxy) is 1. The number of urea groups is 1. The first-order chi connectivity index (χ1) is 13.0. The molecule has 2 amide bonds. The van der Waals surface area contributed by atoms with Crippen LogP contribution in [0.25, 0.3) is 0 Å². The van der Waals surface area contributed by atoms with Gasteiger partial charge in [0, 0.05) is 56.4 Å². The van der Waals surface area contributed by atoms with Crippen LogP contribution in [0.15, 0.2) is 30.5 Å². The Bertz CT molecular complexity index is 742. The Hall–Kier alpha value is -1.83. The van der Waals surface area contributed by atoms with Gasteiger partial charge in [-0.25, -0.2) is 9.78 Å². The number of hydrogen-bond acceptors (Lipinski definition) is 5. The first kappa shape index (κ1) is 19.9. The van der Waals surface area contributed by atoms with Crippen LogP contribution in [-0.4, -0.2) is 53.1 Å². The number of pyridine rings is 1. The van der Waals surface area contributed by atoms with Crippen LogP contribution in [0.5, 0.6) is 5.88 Å². The molecule has 2 aromatic rings. The molecule has 1 saturated heterocycles. The van der Waals surface area contributed by atoms with Crippen LogP contribution in [-0.2, 0) is 13.1 Å². The molecule has 6 nitrogen and oxygen atoms in total. The summed E-state index contributed by atoms with van der Waals surface area (Å²) >= 11 is 7.60. The van der Waals surface area contributed by atoms with E-state index < -0.39 is 0 Å². The predicted molar refractivity (Wildman–Crippen MR) is 108 cm³/mol. The molecule has 0 aliphatic carbocycles. The minimum atomic E-state index is -0.0312. The van der Waals surface area contributed by atoms with E-state index in [1.54, 1.807) is 17.5 Å². The Kier molecular flexibility index (Phi) is 6.93. The van der Waals surface area contributed by atoms with E-state index in [-0.39, 0.29) is 12.1 Å². The second kappa shape index (κ2) is 9.39. The lowest BCUT2D eigenvalue weighted by Crippen LogP contribution is -2.51. The second-order valence-electron chi connectivity index (χ2n) is 6.80. The Balaban J connectivity index is 1.40. The van der Waals surface area contributed by atoms with Crippen LogP contribution in [0.1, 0.15) is 24.3 Å². The highest BCUT2D eigenvalue weighted by molar-refractivity contribution is 7.16. The van der Waals surface area contributed by atoms with Gasteiger partial charge in [0.2, 0.25) is 5.88 Å². The van der Waals surface area contributed by atoms with E-state index in [1.165, 1.54) is 4.88 Å². The second-order valence-corrected chi connectivity index (χ2v) is 8.60. The zero-order valence-electron chi connectivity index (χ0n) is 15.7. The van der Waals surface area contributed by atoms with Gasteiger partial charge in [0.05, 0.1) is 10.4 Å². The number of rotatable bonds is 6. The summed E-state index contributed by atoms with van der Waals surface area (Å²) in [6.45, 7) is 8.47. The smallest absolute Gasteiger partial charge is 0.317 e. The number of carbonyl (C=O) groups is 1. The molecule has 3 rings (SSSR count). The third kappa shape index (κ3) is 6.09. The molecule has 1 fully saturated rings. The fourth-order valence-electron chi connectivity index (χ4n) is 2.88. The summed E-state index contributed by atoms with van der Waals surface area (Å²) in [5, 5.41) is 2.97. The number of piperazine rings is 1. The Labute approximate surface area is 169 Å². The molecule has 27 heavy (non-hydrogen) atoms. The standard InChI is InChI=1S/C19H25ClN4O2S/c1-14(2)26-18-6-3-15(11-21-18)12-22-19(25)24-9-7-23(8-10-24)13-16-4-5-17(20)27-16/h3-6,11,14H,7-10,12-13H2,1-2H3,(H,22,25). The van der Waals surface area contributed by atoms with Crippen molar-refractivity contribution < 1.29 is 9.53 Å². The van der Waals surface area contributed by atoms with E-state index in [4.69, 9.17) is 16.3 Å². The molecule has 0 spiro atoms. The zero-order valence-corrected chi connectivity index (χ0v) is 17.2. The number of thiophene rings is 1. The molecule has 0 saturated carbocycles. The van der Waals surface area contributed by atoms with Crippen LogP contribution in [0.4, 0.5) is 4.79 Å². The zero-order chi connectivity index (χ0) is 19.2. The molecule has 0 bridgehead atoms. The lowest BCUT2D eigenvalue weighted by molar-refractivity contribution is 0.135. The summed E-state index contributed by atoms with van der Waals surface area (Å²) in [5.41, 5.74) is 0.952. The quantitative estimate of drug-likeness (QED) is 0.793. The van der Waals surface area contributed by atoms with Crippen molar-refractivity contribution in [3.05, 3.63) is 45.2 Å². The van der Waals surface area contributed by atoms with Crippen molar-refractivity contribution in [3.8, 4) is 5.88 Å². The van der Waals surface area contributed by atoms with Crippen molar-refractivity contribution in [2.45, 2.75) is 33.0 Å². The highest BCUT2D eigenvalue weighted by atomic mass is 35.5. The number of nitrogens with zero attached hydrogens (tertiary/aromatic N) is 3. The van der Waals surface area contributed by atoms with Crippen molar-refractivity contribution in [2.24, 2.45) is 0 Å². The van der Waals surface area contributed by atoms with Gasteiger partial charge in [0.15, 0.2) is 0 Å². The molecule has 0 aromatic carbocycles. The minimum absolute atomic E-state index is 0.0312. The van der Waals surface area contributed by atoms with Gasteiger partial charge >= 0.3 is 6.03 Å². The molecular weight excluding hydrogens is 384 g/mol. The van der Waals surface area contributed by atoms with Gasteiger partial charge in [-0.1, -0.05) is 17.7 Å². The number of hydrogen-bond donors (Lipinski definition) is 1. The largest absolute Gasteiger partial charge is 0.475 e. The normalized spacial score (nSPS) is 15.2. The lowest BCUT2D eigenvalue weighted by atomic mass is 10.3. The Morgan fingerprint density at radius 1 is 1.26 bits per heavy atom. The average Bonchev–Trinajstić information content (AvgIpc) is 3.06. The van der Waals surface area contributed by atoms with Gasteiger partial charge in [-0.2, -0.15) is 0 Å². The minimum Gasteiger partial charge on any atom is -0.475 e. The van der Waals surface area contributed by atoms with E-state index in [9.17, 15) is 4.79 Å². The van der Waals surface area contributed by atoms with Gasteiger partial charge in [-0.15, -0.1) is 11.3 Å². The van der Waals surface area contributed by atoms with Crippen molar-refractivity contribution in [1.82, 2.24) is 20.1 Å². The van der Waals surface area contributed by atoms with Crippen molar-refractivity contribution in [2.75, 3.05) is 26.2 Å². The van der Waals surface area contributed by atoms with Crippen molar-refractivity contribution in [1.29, 1.82) is 0 Å². The third-order valence-corrected chi connectivity index (χ3v) is 5.48. The van der Waals surface area contributed by atoms with Crippen molar-refractivity contribution in [3.63, 3.8) is 0 Å². The molecule has 3 heterocycles. The first-order valence-electron chi connectivity index (χ1n) is 9.10. The maximum atomic E-state index is 12.4. The van der Waals surface area contributed by atoms with Crippen LogP contribution in [0.3, 0.4) is 0 Å². The van der Waals surface area contributed by atoms with Crippen LogP contribution >= 0.6 is 22.9 Å². The van der Waals surface area contributed by atoms with Crippen LogP contribution < -0.4 is 10.1 Å².